The quantitative estimate of drug-likeness (QED) is 0.879. The van der Waals surface area contributed by atoms with E-state index in [0.29, 0.717) is 0 Å². The van der Waals surface area contributed by atoms with Crippen LogP contribution in [-0.2, 0) is 14.5 Å². The lowest BCUT2D eigenvalue weighted by molar-refractivity contribution is -0.132. The second-order valence-corrected chi connectivity index (χ2v) is 7.66. The van der Waals surface area contributed by atoms with E-state index in [-0.39, 0.29) is 28.9 Å². The third kappa shape index (κ3) is 3.56. The molecule has 0 spiro atoms. The summed E-state index contributed by atoms with van der Waals surface area (Å²) in [6.45, 7) is 7.24. The summed E-state index contributed by atoms with van der Waals surface area (Å²) in [4.78, 5) is 23.6. The summed E-state index contributed by atoms with van der Waals surface area (Å²) in [5, 5.41) is 8.66. The second kappa shape index (κ2) is 6.33. The fourth-order valence-corrected chi connectivity index (χ4v) is 3.51. The molecule has 2 amide bonds. The summed E-state index contributed by atoms with van der Waals surface area (Å²) in [5.41, 5.74) is 6.45. The number of nitrogens with one attached hydrogen (secondary N) is 1. The summed E-state index contributed by atoms with van der Waals surface area (Å²) >= 11 is 1.21. The fourth-order valence-electron chi connectivity index (χ4n) is 2.33. The molecule has 1 aliphatic heterocycles. The lowest BCUT2D eigenvalue weighted by atomic mass is 10.1. The van der Waals surface area contributed by atoms with Gasteiger partial charge in [-0.15, -0.1) is 0 Å². The Morgan fingerprint density at radius 1 is 1.30 bits per heavy atom. The van der Waals surface area contributed by atoms with Crippen LogP contribution in [0.1, 0.15) is 33.3 Å². The van der Waals surface area contributed by atoms with E-state index < -0.39 is 4.87 Å². The van der Waals surface area contributed by atoms with E-state index in [2.05, 4.69) is 10.4 Å². The zero-order chi connectivity index (χ0) is 17.3. The first kappa shape index (κ1) is 17.5. The van der Waals surface area contributed by atoms with Crippen LogP contribution in [0, 0.1) is 0 Å². The summed E-state index contributed by atoms with van der Waals surface area (Å²) in [7, 11) is 0. The van der Waals surface area contributed by atoms with Crippen molar-refractivity contribution >= 4 is 28.6 Å². The fraction of sp³-hybridized carbons (Fsp3) is 0.438. The molecule has 124 valence electrons. The first-order valence-corrected chi connectivity index (χ1v) is 8.18. The molecule has 7 heteroatoms. The molecule has 0 fully saturated rings. The van der Waals surface area contributed by atoms with Crippen LogP contribution in [-0.4, -0.2) is 34.0 Å². The number of nitrogens with zero attached hydrogens (tertiary/aromatic N) is 2. The van der Waals surface area contributed by atoms with Crippen molar-refractivity contribution in [2.75, 3.05) is 6.54 Å². The number of hydrogen-bond donors (Lipinski definition) is 2. The van der Waals surface area contributed by atoms with Gasteiger partial charge in [0.05, 0.1) is 0 Å². The lowest BCUT2D eigenvalue weighted by Gasteiger charge is -2.33. The van der Waals surface area contributed by atoms with Crippen molar-refractivity contribution in [3.8, 4) is 0 Å². The van der Waals surface area contributed by atoms with Crippen LogP contribution in [0.2, 0.25) is 0 Å². The standard InChI is InChI=1S/C16H22N4O2S/c1-11(21)20-16(10-17,12-8-6-5-7-9-12)23-14(19-20)13(22)18-15(2,3)4/h5-9H,10,17H2,1-4H3,(H,18,22). The highest BCUT2D eigenvalue weighted by molar-refractivity contribution is 8.16. The number of carbonyl (C=O) groups is 2. The second-order valence-electron chi connectivity index (χ2n) is 6.40. The molecule has 0 saturated carbocycles. The van der Waals surface area contributed by atoms with E-state index in [0.717, 1.165) is 5.56 Å². The molecule has 3 N–H and O–H groups in total. The summed E-state index contributed by atoms with van der Waals surface area (Å²) < 4.78 is 0. The van der Waals surface area contributed by atoms with E-state index in [4.69, 9.17) is 5.73 Å². The number of benzene rings is 1. The molecule has 0 bridgehead atoms. The highest BCUT2D eigenvalue weighted by Crippen LogP contribution is 2.45. The van der Waals surface area contributed by atoms with Gasteiger partial charge >= 0.3 is 0 Å². The molecule has 6 nitrogen and oxygen atoms in total. The summed E-state index contributed by atoms with van der Waals surface area (Å²) in [5.74, 6) is -0.564. The van der Waals surface area contributed by atoms with Crippen LogP contribution in [0.5, 0.6) is 0 Å². The molecule has 2 rings (SSSR count). The Balaban J connectivity index is 2.40. The lowest BCUT2D eigenvalue weighted by Crippen LogP contribution is -2.46. The maximum absolute atomic E-state index is 12.4. The summed E-state index contributed by atoms with van der Waals surface area (Å²) in [6, 6.07) is 9.41. The van der Waals surface area contributed by atoms with E-state index in [1.807, 2.05) is 51.1 Å². The topological polar surface area (TPSA) is 87.8 Å². The Morgan fingerprint density at radius 2 is 1.91 bits per heavy atom. The minimum atomic E-state index is -0.891. The third-order valence-corrected chi connectivity index (χ3v) is 4.65. The zero-order valence-electron chi connectivity index (χ0n) is 13.8. The van der Waals surface area contributed by atoms with Crippen LogP contribution in [0.3, 0.4) is 0 Å². The number of nitrogens with two attached hydrogens (primary N) is 1. The maximum Gasteiger partial charge on any atom is 0.278 e. The molecule has 1 aromatic carbocycles. The average Bonchev–Trinajstić information content (AvgIpc) is 2.88. The molecule has 0 aliphatic carbocycles. The van der Waals surface area contributed by atoms with Gasteiger partial charge in [-0.1, -0.05) is 42.1 Å². The predicted octanol–water partition coefficient (Wildman–Crippen LogP) is 1.62. The van der Waals surface area contributed by atoms with Crippen molar-refractivity contribution in [1.82, 2.24) is 10.3 Å². The summed E-state index contributed by atoms with van der Waals surface area (Å²) in [6.07, 6.45) is 0. The van der Waals surface area contributed by atoms with Crippen molar-refractivity contribution in [3.63, 3.8) is 0 Å². The molecule has 1 atom stereocenters. The molecular formula is C16H22N4O2S. The predicted molar refractivity (Wildman–Crippen MR) is 92.6 cm³/mol. The van der Waals surface area contributed by atoms with Crippen molar-refractivity contribution in [1.29, 1.82) is 0 Å². The molecule has 1 aromatic rings. The van der Waals surface area contributed by atoms with Gasteiger partial charge < -0.3 is 11.1 Å². The van der Waals surface area contributed by atoms with E-state index >= 15 is 0 Å². The molecule has 0 aromatic heterocycles. The minimum absolute atomic E-state index is 0.150. The monoisotopic (exact) mass is 334 g/mol. The molecular weight excluding hydrogens is 312 g/mol. The van der Waals surface area contributed by atoms with Gasteiger partial charge in [0, 0.05) is 19.0 Å². The Labute approximate surface area is 140 Å². The van der Waals surface area contributed by atoms with Crippen molar-refractivity contribution in [2.24, 2.45) is 10.8 Å². The Kier molecular flexibility index (Phi) is 4.81. The third-order valence-electron chi connectivity index (χ3n) is 3.28. The number of rotatable bonds is 3. The number of amides is 2. The smallest absolute Gasteiger partial charge is 0.278 e. The van der Waals surface area contributed by atoms with Crippen molar-refractivity contribution in [2.45, 2.75) is 38.1 Å². The van der Waals surface area contributed by atoms with Gasteiger partial charge in [-0.2, -0.15) is 5.10 Å². The largest absolute Gasteiger partial charge is 0.346 e. The molecule has 23 heavy (non-hydrogen) atoms. The van der Waals surface area contributed by atoms with Gasteiger partial charge in [-0.05, 0) is 26.3 Å². The zero-order valence-corrected chi connectivity index (χ0v) is 14.6. The number of carbonyl (C=O) groups excluding carboxylic acids is 2. The first-order chi connectivity index (χ1) is 10.7. The van der Waals surface area contributed by atoms with Gasteiger partial charge in [0.25, 0.3) is 5.91 Å². The van der Waals surface area contributed by atoms with Gasteiger partial charge in [0.2, 0.25) is 5.91 Å². The maximum atomic E-state index is 12.4. The van der Waals surface area contributed by atoms with Crippen molar-refractivity contribution in [3.05, 3.63) is 35.9 Å². The van der Waals surface area contributed by atoms with Crippen LogP contribution in [0.25, 0.3) is 0 Å². The Morgan fingerprint density at radius 3 is 2.39 bits per heavy atom. The Bertz CT molecular complexity index is 639. The van der Waals surface area contributed by atoms with Crippen LogP contribution < -0.4 is 11.1 Å². The highest BCUT2D eigenvalue weighted by atomic mass is 32.2. The number of hydrogen-bond acceptors (Lipinski definition) is 5. The van der Waals surface area contributed by atoms with Crippen LogP contribution in [0.15, 0.2) is 35.4 Å². The minimum Gasteiger partial charge on any atom is -0.346 e. The molecule has 0 saturated heterocycles. The molecule has 1 aliphatic rings. The van der Waals surface area contributed by atoms with E-state index in [9.17, 15) is 9.59 Å². The Hall–Kier alpha value is -1.86. The van der Waals surface area contributed by atoms with Crippen LogP contribution >= 0.6 is 11.8 Å². The average molecular weight is 334 g/mol. The molecule has 1 unspecified atom stereocenters. The first-order valence-electron chi connectivity index (χ1n) is 7.36. The molecule has 1 heterocycles. The van der Waals surface area contributed by atoms with E-state index in [1.54, 1.807) is 0 Å². The normalized spacial score (nSPS) is 21.1. The SMILES string of the molecule is CC(=O)N1N=C(C(=O)NC(C)(C)C)SC1(CN)c1ccccc1. The van der Waals surface area contributed by atoms with Gasteiger partial charge in [0.15, 0.2) is 9.91 Å². The highest BCUT2D eigenvalue weighted by Gasteiger charge is 2.48. The van der Waals surface area contributed by atoms with E-state index in [1.165, 1.54) is 23.7 Å². The van der Waals surface area contributed by atoms with Crippen LogP contribution in [0.4, 0.5) is 0 Å². The van der Waals surface area contributed by atoms with Crippen molar-refractivity contribution < 1.29 is 9.59 Å². The van der Waals surface area contributed by atoms with Gasteiger partial charge in [-0.25, -0.2) is 5.01 Å². The van der Waals surface area contributed by atoms with Gasteiger partial charge in [-0.3, -0.25) is 9.59 Å². The number of thioether (sulfide) groups is 1. The molecule has 0 radical (unpaired) electrons. The van der Waals surface area contributed by atoms with Gasteiger partial charge in [0.1, 0.15) is 0 Å². The number of hydrazone groups is 1.